The summed E-state index contributed by atoms with van der Waals surface area (Å²) in [4.78, 5) is 8.63. The minimum absolute atomic E-state index is 0.483. The molecule has 21 heavy (non-hydrogen) atoms. The second-order valence-corrected chi connectivity index (χ2v) is 6.52. The molecule has 0 atom stereocenters. The summed E-state index contributed by atoms with van der Waals surface area (Å²) >= 11 is 1.99. The van der Waals surface area contributed by atoms with E-state index in [1.165, 1.54) is 25.7 Å². The van der Waals surface area contributed by atoms with Gasteiger partial charge in [0.2, 0.25) is 5.75 Å². The maximum absolute atomic E-state index is 5.50. The number of anilines is 2. The van der Waals surface area contributed by atoms with Crippen molar-refractivity contribution in [1.29, 1.82) is 0 Å². The average molecular weight is 310 g/mol. The Balaban J connectivity index is 2.02. The summed E-state index contributed by atoms with van der Waals surface area (Å²) in [5, 5.41) is 7.64. The first-order chi connectivity index (χ1) is 10.3. The zero-order valence-corrected chi connectivity index (χ0v) is 14.0. The van der Waals surface area contributed by atoms with Gasteiger partial charge in [-0.2, -0.15) is 11.8 Å². The number of nitrogens with zero attached hydrogens (tertiary/aromatic N) is 2. The molecule has 1 aromatic rings. The predicted octanol–water partition coefficient (Wildman–Crippen LogP) is 3.39. The third-order valence-electron chi connectivity index (χ3n) is 3.90. The smallest absolute Gasteiger partial charge is 0.204 e. The highest BCUT2D eigenvalue weighted by Gasteiger charge is 2.22. The van der Waals surface area contributed by atoms with Crippen molar-refractivity contribution < 1.29 is 4.74 Å². The van der Waals surface area contributed by atoms with Crippen LogP contribution in [-0.4, -0.2) is 41.2 Å². The zero-order chi connectivity index (χ0) is 15.1. The van der Waals surface area contributed by atoms with Crippen LogP contribution in [0.5, 0.6) is 5.75 Å². The number of thioether (sulfide) groups is 1. The third kappa shape index (κ3) is 4.40. The maximum Gasteiger partial charge on any atom is 0.204 e. The topological polar surface area (TPSA) is 59.1 Å². The van der Waals surface area contributed by atoms with Crippen molar-refractivity contribution in [2.45, 2.75) is 50.3 Å². The normalized spacial score (nSPS) is 21.9. The highest BCUT2D eigenvalue weighted by Crippen LogP contribution is 2.33. The minimum atomic E-state index is 0.483. The molecular weight excluding hydrogens is 284 g/mol. The van der Waals surface area contributed by atoms with Crippen molar-refractivity contribution in [3.63, 3.8) is 0 Å². The first kappa shape index (κ1) is 16.2. The summed E-state index contributed by atoms with van der Waals surface area (Å²) in [6, 6.07) is 0.483. The van der Waals surface area contributed by atoms with Crippen LogP contribution in [0.2, 0.25) is 0 Å². The monoisotopic (exact) mass is 310 g/mol. The summed E-state index contributed by atoms with van der Waals surface area (Å²) in [5.74, 6) is 2.30. The first-order valence-electron chi connectivity index (χ1n) is 7.70. The molecule has 0 amide bonds. The standard InChI is InChI=1S/C15H26N4OS/c1-4-9-16-14-13(20-2)15(18-10-17-14)19-11-5-7-12(21-3)8-6-11/h10-12H,4-9H2,1-3H3,(H2,16,17,18,19). The molecule has 1 saturated carbocycles. The van der Waals surface area contributed by atoms with Crippen LogP contribution >= 0.6 is 11.8 Å². The molecule has 6 heteroatoms. The summed E-state index contributed by atoms with van der Waals surface area (Å²) in [7, 11) is 1.67. The van der Waals surface area contributed by atoms with Crippen LogP contribution in [0.4, 0.5) is 11.6 Å². The number of hydrogen-bond donors (Lipinski definition) is 2. The molecule has 0 radical (unpaired) electrons. The molecule has 0 aromatic carbocycles. The SMILES string of the molecule is CCCNc1ncnc(NC2CCC(SC)CC2)c1OC. The van der Waals surface area contributed by atoms with E-state index in [-0.39, 0.29) is 0 Å². The Bertz CT molecular complexity index is 436. The molecule has 5 nitrogen and oxygen atoms in total. The van der Waals surface area contributed by atoms with E-state index in [1.54, 1.807) is 13.4 Å². The number of hydrogen-bond acceptors (Lipinski definition) is 6. The molecular formula is C15H26N4OS. The Kier molecular flexibility index (Phi) is 6.42. The second kappa shape index (κ2) is 8.32. The number of rotatable bonds is 7. The lowest BCUT2D eigenvalue weighted by molar-refractivity contribution is 0.411. The molecule has 1 aromatic heterocycles. The lowest BCUT2D eigenvalue weighted by Crippen LogP contribution is -2.27. The zero-order valence-electron chi connectivity index (χ0n) is 13.2. The Labute approximate surface area is 131 Å². The van der Waals surface area contributed by atoms with Crippen LogP contribution in [0.25, 0.3) is 0 Å². The van der Waals surface area contributed by atoms with E-state index in [9.17, 15) is 0 Å². The largest absolute Gasteiger partial charge is 0.490 e. The van der Waals surface area contributed by atoms with E-state index in [0.29, 0.717) is 6.04 Å². The van der Waals surface area contributed by atoms with Crippen LogP contribution in [0.3, 0.4) is 0 Å². The highest BCUT2D eigenvalue weighted by atomic mass is 32.2. The van der Waals surface area contributed by atoms with Crippen LogP contribution < -0.4 is 15.4 Å². The van der Waals surface area contributed by atoms with E-state index in [4.69, 9.17) is 4.74 Å². The minimum Gasteiger partial charge on any atom is -0.490 e. The molecule has 2 rings (SSSR count). The first-order valence-corrected chi connectivity index (χ1v) is 8.99. The van der Waals surface area contributed by atoms with Gasteiger partial charge in [-0.1, -0.05) is 6.92 Å². The lowest BCUT2D eigenvalue weighted by atomic mass is 9.95. The van der Waals surface area contributed by atoms with Crippen LogP contribution in [0, 0.1) is 0 Å². The van der Waals surface area contributed by atoms with Crippen LogP contribution in [0.15, 0.2) is 6.33 Å². The summed E-state index contributed by atoms with van der Waals surface area (Å²) in [6.45, 7) is 3.01. The summed E-state index contributed by atoms with van der Waals surface area (Å²) < 4.78 is 5.50. The average Bonchev–Trinajstić information content (AvgIpc) is 2.53. The van der Waals surface area contributed by atoms with E-state index in [2.05, 4.69) is 33.8 Å². The van der Waals surface area contributed by atoms with Gasteiger partial charge in [-0.15, -0.1) is 0 Å². The number of methoxy groups -OCH3 is 1. The Hall–Kier alpha value is -1.17. The van der Waals surface area contributed by atoms with Crippen LogP contribution in [-0.2, 0) is 0 Å². The Morgan fingerprint density at radius 1 is 1.24 bits per heavy atom. The van der Waals surface area contributed by atoms with Gasteiger partial charge in [0.05, 0.1) is 7.11 Å². The van der Waals surface area contributed by atoms with Crippen molar-refractivity contribution >= 4 is 23.4 Å². The van der Waals surface area contributed by atoms with Crippen molar-refractivity contribution in [3.05, 3.63) is 6.33 Å². The quantitative estimate of drug-likeness (QED) is 0.805. The molecule has 1 aliphatic carbocycles. The Morgan fingerprint density at radius 3 is 2.57 bits per heavy atom. The molecule has 0 saturated heterocycles. The molecule has 0 bridgehead atoms. The van der Waals surface area contributed by atoms with Crippen LogP contribution in [0.1, 0.15) is 39.0 Å². The number of ether oxygens (including phenoxy) is 1. The fourth-order valence-corrected chi connectivity index (χ4v) is 3.42. The fraction of sp³-hybridized carbons (Fsp3) is 0.733. The molecule has 0 unspecified atom stereocenters. The maximum atomic E-state index is 5.50. The second-order valence-electron chi connectivity index (χ2n) is 5.38. The van der Waals surface area contributed by atoms with E-state index in [1.807, 2.05) is 11.8 Å². The molecule has 118 valence electrons. The fourth-order valence-electron chi connectivity index (χ4n) is 2.68. The van der Waals surface area contributed by atoms with E-state index in [0.717, 1.165) is 35.6 Å². The predicted molar refractivity (Wildman–Crippen MR) is 90.5 cm³/mol. The number of aromatic nitrogens is 2. The van der Waals surface area contributed by atoms with Gasteiger partial charge in [-0.05, 0) is 38.4 Å². The third-order valence-corrected chi connectivity index (χ3v) is 5.04. The summed E-state index contributed by atoms with van der Waals surface area (Å²) in [6.07, 6.45) is 9.77. The van der Waals surface area contributed by atoms with Gasteiger partial charge in [0.15, 0.2) is 11.6 Å². The Morgan fingerprint density at radius 2 is 1.95 bits per heavy atom. The molecule has 2 N–H and O–H groups in total. The highest BCUT2D eigenvalue weighted by molar-refractivity contribution is 7.99. The molecule has 0 aliphatic heterocycles. The van der Waals surface area contributed by atoms with Crippen molar-refractivity contribution in [2.24, 2.45) is 0 Å². The van der Waals surface area contributed by atoms with E-state index >= 15 is 0 Å². The summed E-state index contributed by atoms with van der Waals surface area (Å²) in [5.41, 5.74) is 0. The lowest BCUT2D eigenvalue weighted by Gasteiger charge is -2.28. The van der Waals surface area contributed by atoms with Crippen molar-refractivity contribution in [3.8, 4) is 5.75 Å². The molecule has 1 fully saturated rings. The van der Waals surface area contributed by atoms with Gasteiger partial charge in [0, 0.05) is 17.8 Å². The van der Waals surface area contributed by atoms with Gasteiger partial charge in [0.25, 0.3) is 0 Å². The van der Waals surface area contributed by atoms with Crippen molar-refractivity contribution in [1.82, 2.24) is 9.97 Å². The van der Waals surface area contributed by atoms with Crippen molar-refractivity contribution in [2.75, 3.05) is 30.5 Å². The van der Waals surface area contributed by atoms with Gasteiger partial charge in [0.1, 0.15) is 6.33 Å². The van der Waals surface area contributed by atoms with Gasteiger partial charge >= 0.3 is 0 Å². The molecule has 1 aliphatic rings. The molecule has 0 spiro atoms. The molecule has 1 heterocycles. The van der Waals surface area contributed by atoms with E-state index < -0.39 is 0 Å². The van der Waals surface area contributed by atoms with Gasteiger partial charge < -0.3 is 15.4 Å². The number of nitrogens with one attached hydrogen (secondary N) is 2. The van der Waals surface area contributed by atoms with Gasteiger partial charge in [-0.3, -0.25) is 0 Å². The van der Waals surface area contributed by atoms with Gasteiger partial charge in [-0.25, -0.2) is 9.97 Å².